The Hall–Kier alpha value is -2.30. The molecule has 0 saturated heterocycles. The first-order valence-electron chi connectivity index (χ1n) is 6.80. The van der Waals surface area contributed by atoms with E-state index in [0.717, 1.165) is 11.3 Å². The standard InChI is InChI=1S/C17H12Cl2N2O2/c1-23-17(22)15-14(19)16(11-5-3-2-4-6-11)21(20-15)13-9-7-12(18)8-10-13/h2-10H,1H3. The smallest absolute Gasteiger partial charge is 0.360 e. The molecule has 3 aromatic rings. The Balaban J connectivity index is 2.25. The van der Waals surface area contributed by atoms with Crippen molar-refractivity contribution >= 4 is 29.2 Å². The van der Waals surface area contributed by atoms with E-state index in [1.807, 2.05) is 30.3 Å². The van der Waals surface area contributed by atoms with Crippen LogP contribution in [-0.4, -0.2) is 22.9 Å². The van der Waals surface area contributed by atoms with E-state index in [0.29, 0.717) is 10.7 Å². The fraction of sp³-hybridized carbons (Fsp3) is 0.0588. The number of hydrogen-bond acceptors (Lipinski definition) is 3. The molecule has 0 aliphatic carbocycles. The molecule has 0 N–H and O–H groups in total. The van der Waals surface area contributed by atoms with Crippen LogP contribution in [-0.2, 0) is 4.74 Å². The highest BCUT2D eigenvalue weighted by atomic mass is 35.5. The zero-order valence-electron chi connectivity index (χ0n) is 12.2. The van der Waals surface area contributed by atoms with E-state index in [4.69, 9.17) is 27.9 Å². The summed E-state index contributed by atoms with van der Waals surface area (Å²) in [5.41, 5.74) is 2.28. The van der Waals surface area contributed by atoms with Gasteiger partial charge >= 0.3 is 5.97 Å². The minimum Gasteiger partial charge on any atom is -0.464 e. The van der Waals surface area contributed by atoms with Crippen LogP contribution in [0.5, 0.6) is 0 Å². The number of rotatable bonds is 3. The van der Waals surface area contributed by atoms with Gasteiger partial charge in [-0.05, 0) is 24.3 Å². The molecular formula is C17H12Cl2N2O2. The summed E-state index contributed by atoms with van der Waals surface area (Å²) in [6, 6.07) is 16.6. The number of aromatic nitrogens is 2. The lowest BCUT2D eigenvalue weighted by molar-refractivity contribution is 0.0593. The van der Waals surface area contributed by atoms with E-state index < -0.39 is 5.97 Å². The van der Waals surface area contributed by atoms with Gasteiger partial charge in [-0.1, -0.05) is 53.5 Å². The number of methoxy groups -OCH3 is 1. The number of esters is 1. The van der Waals surface area contributed by atoms with Crippen LogP contribution in [0.1, 0.15) is 10.5 Å². The molecule has 0 radical (unpaired) electrons. The van der Waals surface area contributed by atoms with Crippen molar-refractivity contribution in [2.75, 3.05) is 7.11 Å². The second-order valence-electron chi connectivity index (χ2n) is 4.76. The van der Waals surface area contributed by atoms with Gasteiger partial charge in [0.25, 0.3) is 0 Å². The zero-order chi connectivity index (χ0) is 16.4. The molecule has 0 bridgehead atoms. The number of halogens is 2. The van der Waals surface area contributed by atoms with Crippen molar-refractivity contribution in [2.24, 2.45) is 0 Å². The second kappa shape index (κ2) is 6.44. The van der Waals surface area contributed by atoms with Crippen molar-refractivity contribution in [3.63, 3.8) is 0 Å². The Labute approximate surface area is 143 Å². The van der Waals surface area contributed by atoms with E-state index in [1.165, 1.54) is 7.11 Å². The molecule has 0 aliphatic heterocycles. The average Bonchev–Trinajstić information content (AvgIpc) is 2.93. The highest BCUT2D eigenvalue weighted by Gasteiger charge is 2.24. The van der Waals surface area contributed by atoms with Gasteiger partial charge in [0.2, 0.25) is 0 Å². The third-order valence-corrected chi connectivity index (χ3v) is 3.93. The predicted molar refractivity (Wildman–Crippen MR) is 90.4 cm³/mol. The number of ether oxygens (including phenoxy) is 1. The summed E-state index contributed by atoms with van der Waals surface area (Å²) in [7, 11) is 1.29. The molecule has 23 heavy (non-hydrogen) atoms. The van der Waals surface area contributed by atoms with Crippen LogP contribution < -0.4 is 0 Å². The van der Waals surface area contributed by atoms with Gasteiger partial charge in [0, 0.05) is 10.6 Å². The fourth-order valence-electron chi connectivity index (χ4n) is 2.24. The summed E-state index contributed by atoms with van der Waals surface area (Å²) in [5.74, 6) is -0.583. The maximum Gasteiger partial charge on any atom is 0.360 e. The number of carbonyl (C=O) groups excluding carboxylic acids is 1. The summed E-state index contributed by atoms with van der Waals surface area (Å²) in [4.78, 5) is 11.9. The van der Waals surface area contributed by atoms with Crippen molar-refractivity contribution in [1.82, 2.24) is 9.78 Å². The van der Waals surface area contributed by atoms with Gasteiger partial charge in [-0.25, -0.2) is 9.48 Å². The van der Waals surface area contributed by atoms with Crippen LogP contribution in [0.15, 0.2) is 54.6 Å². The summed E-state index contributed by atoms with van der Waals surface area (Å²) in [6.45, 7) is 0. The van der Waals surface area contributed by atoms with Crippen LogP contribution in [0, 0.1) is 0 Å². The summed E-state index contributed by atoms with van der Waals surface area (Å²) in [6.07, 6.45) is 0. The lowest BCUT2D eigenvalue weighted by atomic mass is 10.1. The Morgan fingerprint density at radius 2 is 1.70 bits per heavy atom. The first-order valence-corrected chi connectivity index (χ1v) is 7.55. The van der Waals surface area contributed by atoms with Crippen LogP contribution >= 0.6 is 23.2 Å². The Kier molecular flexibility index (Phi) is 4.37. The molecule has 0 amide bonds. The van der Waals surface area contributed by atoms with E-state index in [2.05, 4.69) is 5.10 Å². The van der Waals surface area contributed by atoms with Crippen molar-refractivity contribution in [3.05, 3.63) is 70.3 Å². The monoisotopic (exact) mass is 346 g/mol. The first-order chi connectivity index (χ1) is 11.1. The van der Waals surface area contributed by atoms with Crippen LogP contribution in [0.2, 0.25) is 10.0 Å². The third kappa shape index (κ3) is 2.96. The van der Waals surface area contributed by atoms with E-state index in [9.17, 15) is 4.79 Å². The molecule has 116 valence electrons. The predicted octanol–water partition coefficient (Wildman–Crippen LogP) is 4.63. The number of nitrogens with zero attached hydrogens (tertiary/aromatic N) is 2. The molecule has 1 aromatic heterocycles. The normalized spacial score (nSPS) is 10.6. The van der Waals surface area contributed by atoms with Crippen molar-refractivity contribution in [1.29, 1.82) is 0 Å². The maximum atomic E-state index is 11.9. The van der Waals surface area contributed by atoms with E-state index in [-0.39, 0.29) is 10.7 Å². The SMILES string of the molecule is COC(=O)c1nn(-c2ccc(Cl)cc2)c(-c2ccccc2)c1Cl. The lowest BCUT2D eigenvalue weighted by Gasteiger charge is -2.08. The maximum absolute atomic E-state index is 11.9. The van der Waals surface area contributed by atoms with Gasteiger partial charge in [0.05, 0.1) is 18.5 Å². The Morgan fingerprint density at radius 3 is 2.30 bits per heavy atom. The van der Waals surface area contributed by atoms with Crippen LogP contribution in [0.25, 0.3) is 16.9 Å². The molecule has 6 heteroatoms. The molecule has 0 saturated carbocycles. The quantitative estimate of drug-likeness (QED) is 0.649. The van der Waals surface area contributed by atoms with Gasteiger partial charge in [0.1, 0.15) is 5.02 Å². The summed E-state index contributed by atoms with van der Waals surface area (Å²) < 4.78 is 6.37. The molecule has 2 aromatic carbocycles. The Bertz CT molecular complexity index is 843. The molecule has 0 unspecified atom stereocenters. The molecule has 0 atom stereocenters. The van der Waals surface area contributed by atoms with Gasteiger partial charge in [0.15, 0.2) is 5.69 Å². The third-order valence-electron chi connectivity index (χ3n) is 3.32. The van der Waals surface area contributed by atoms with E-state index >= 15 is 0 Å². The summed E-state index contributed by atoms with van der Waals surface area (Å²) >= 11 is 12.3. The van der Waals surface area contributed by atoms with Gasteiger partial charge < -0.3 is 4.74 Å². The second-order valence-corrected chi connectivity index (χ2v) is 5.57. The minimum absolute atomic E-state index is 0.0722. The number of benzene rings is 2. The van der Waals surface area contributed by atoms with Gasteiger partial charge in [-0.15, -0.1) is 0 Å². The number of hydrogen-bond donors (Lipinski definition) is 0. The number of carbonyl (C=O) groups is 1. The van der Waals surface area contributed by atoms with E-state index in [1.54, 1.807) is 28.9 Å². The van der Waals surface area contributed by atoms with Crippen molar-refractivity contribution < 1.29 is 9.53 Å². The first kappa shape index (κ1) is 15.6. The minimum atomic E-state index is -0.583. The summed E-state index contributed by atoms with van der Waals surface area (Å²) in [5, 5.41) is 5.18. The van der Waals surface area contributed by atoms with Gasteiger partial charge in [-0.2, -0.15) is 5.10 Å². The molecule has 0 fully saturated rings. The molecule has 4 nitrogen and oxygen atoms in total. The fourth-order valence-corrected chi connectivity index (χ4v) is 2.67. The zero-order valence-corrected chi connectivity index (χ0v) is 13.7. The Morgan fingerprint density at radius 1 is 1.04 bits per heavy atom. The largest absolute Gasteiger partial charge is 0.464 e. The molecule has 3 rings (SSSR count). The molecular weight excluding hydrogens is 335 g/mol. The topological polar surface area (TPSA) is 44.1 Å². The van der Waals surface area contributed by atoms with Crippen molar-refractivity contribution in [3.8, 4) is 16.9 Å². The highest BCUT2D eigenvalue weighted by molar-refractivity contribution is 6.36. The average molecular weight is 347 g/mol. The van der Waals surface area contributed by atoms with Crippen LogP contribution in [0.3, 0.4) is 0 Å². The molecule has 0 spiro atoms. The van der Waals surface area contributed by atoms with Gasteiger partial charge in [-0.3, -0.25) is 0 Å². The molecule has 1 heterocycles. The lowest BCUT2D eigenvalue weighted by Crippen LogP contribution is -2.04. The molecule has 0 aliphatic rings. The van der Waals surface area contributed by atoms with Crippen LogP contribution in [0.4, 0.5) is 0 Å². The van der Waals surface area contributed by atoms with Crippen molar-refractivity contribution in [2.45, 2.75) is 0 Å². The highest BCUT2D eigenvalue weighted by Crippen LogP contribution is 2.33.